The molecule has 0 unspecified atom stereocenters. The summed E-state index contributed by atoms with van der Waals surface area (Å²) in [6.07, 6.45) is 4.15. The molecule has 2 atom stereocenters. The van der Waals surface area contributed by atoms with Crippen molar-refractivity contribution in [2.24, 2.45) is 11.7 Å². The maximum atomic E-state index is 11.3. The number of piperidine rings is 1. The monoisotopic (exact) mass is 290 g/mol. The predicted octanol–water partition coefficient (Wildman–Crippen LogP) is 2.21. The second-order valence-electron chi connectivity index (χ2n) is 5.97. The number of ether oxygens (including phenoxy) is 1. The minimum atomic E-state index is -0.151. The number of hydrogen-bond acceptors (Lipinski definition) is 3. The summed E-state index contributed by atoms with van der Waals surface area (Å²) in [5.74, 6) is 0.774. The Morgan fingerprint density at radius 1 is 1.43 bits per heavy atom. The first-order valence-corrected chi connectivity index (χ1v) is 7.76. The highest BCUT2D eigenvalue weighted by atomic mass is 16.5. The van der Waals surface area contributed by atoms with E-state index < -0.39 is 0 Å². The first-order valence-electron chi connectivity index (χ1n) is 7.76. The number of likely N-dealkylation sites (tertiary alicyclic amines) is 1. The number of hydrogen-bond donors (Lipinski definition) is 1. The number of amides is 1. The molecule has 21 heavy (non-hydrogen) atoms. The van der Waals surface area contributed by atoms with E-state index in [1.807, 2.05) is 12.1 Å². The van der Waals surface area contributed by atoms with Gasteiger partial charge in [0, 0.05) is 12.6 Å². The van der Waals surface area contributed by atoms with Crippen molar-refractivity contribution in [2.45, 2.75) is 38.6 Å². The summed E-state index contributed by atoms with van der Waals surface area (Å²) in [5.41, 5.74) is 6.77. The van der Waals surface area contributed by atoms with Gasteiger partial charge in [-0.05, 0) is 56.8 Å². The number of nitrogens with zero attached hydrogens (tertiary/aromatic N) is 1. The third-order valence-corrected chi connectivity index (χ3v) is 4.49. The van der Waals surface area contributed by atoms with Crippen molar-refractivity contribution in [3.8, 4) is 5.75 Å². The second-order valence-corrected chi connectivity index (χ2v) is 5.97. The van der Waals surface area contributed by atoms with E-state index in [9.17, 15) is 4.79 Å². The quantitative estimate of drug-likeness (QED) is 0.874. The van der Waals surface area contributed by atoms with Gasteiger partial charge in [-0.2, -0.15) is 0 Å². The summed E-state index contributed by atoms with van der Waals surface area (Å²) < 4.78 is 5.17. The smallest absolute Gasteiger partial charge is 0.221 e. The summed E-state index contributed by atoms with van der Waals surface area (Å²) in [4.78, 5) is 13.8. The van der Waals surface area contributed by atoms with Gasteiger partial charge in [0.05, 0.1) is 13.0 Å². The van der Waals surface area contributed by atoms with Gasteiger partial charge in [-0.1, -0.05) is 12.1 Å². The van der Waals surface area contributed by atoms with E-state index in [-0.39, 0.29) is 11.8 Å². The zero-order chi connectivity index (χ0) is 15.2. The van der Waals surface area contributed by atoms with E-state index in [1.54, 1.807) is 7.11 Å². The normalized spacial score (nSPS) is 21.0. The molecule has 1 heterocycles. The molecule has 1 saturated heterocycles. The van der Waals surface area contributed by atoms with Crippen molar-refractivity contribution < 1.29 is 9.53 Å². The molecule has 1 aromatic rings. The Kier molecular flexibility index (Phi) is 5.62. The van der Waals surface area contributed by atoms with Crippen LogP contribution in [0.3, 0.4) is 0 Å². The number of nitrogens with two attached hydrogens (primary N) is 1. The van der Waals surface area contributed by atoms with Crippen LogP contribution in [0.1, 0.15) is 31.7 Å². The topological polar surface area (TPSA) is 55.6 Å². The van der Waals surface area contributed by atoms with Crippen LogP contribution in [0.2, 0.25) is 0 Å². The zero-order valence-electron chi connectivity index (χ0n) is 13.0. The average Bonchev–Trinajstić information content (AvgIpc) is 2.53. The third-order valence-electron chi connectivity index (χ3n) is 4.49. The highest BCUT2D eigenvalue weighted by Crippen LogP contribution is 2.21. The van der Waals surface area contributed by atoms with E-state index in [0.717, 1.165) is 44.5 Å². The summed E-state index contributed by atoms with van der Waals surface area (Å²) in [7, 11) is 1.68. The fourth-order valence-electron chi connectivity index (χ4n) is 2.99. The first kappa shape index (κ1) is 15.8. The standard InChI is InChI=1S/C17H26N2O2/c1-13(19-11-3-4-15(12-19)17(18)20)5-6-14-7-9-16(21-2)10-8-14/h7-10,13,15H,3-6,11-12H2,1-2H3,(H2,18,20)/t13-,15+/m1/s1. The van der Waals surface area contributed by atoms with Crippen LogP contribution in [0.15, 0.2) is 24.3 Å². The van der Waals surface area contributed by atoms with E-state index >= 15 is 0 Å². The maximum absolute atomic E-state index is 11.3. The Hall–Kier alpha value is -1.55. The Morgan fingerprint density at radius 2 is 2.14 bits per heavy atom. The van der Waals surface area contributed by atoms with Gasteiger partial charge in [-0.15, -0.1) is 0 Å². The maximum Gasteiger partial charge on any atom is 0.221 e. The zero-order valence-corrected chi connectivity index (χ0v) is 13.0. The fraction of sp³-hybridized carbons (Fsp3) is 0.588. The molecule has 1 fully saturated rings. The van der Waals surface area contributed by atoms with Crippen LogP contribution >= 0.6 is 0 Å². The number of carbonyl (C=O) groups is 1. The van der Waals surface area contributed by atoms with E-state index in [1.165, 1.54) is 5.56 Å². The number of rotatable bonds is 6. The molecule has 1 aliphatic rings. The number of methoxy groups -OCH3 is 1. The minimum absolute atomic E-state index is 0.0298. The molecule has 116 valence electrons. The lowest BCUT2D eigenvalue weighted by atomic mass is 9.95. The molecule has 1 aliphatic heterocycles. The van der Waals surface area contributed by atoms with Crippen LogP contribution in [0.5, 0.6) is 5.75 Å². The van der Waals surface area contributed by atoms with Gasteiger partial charge < -0.3 is 10.5 Å². The lowest BCUT2D eigenvalue weighted by Crippen LogP contribution is -2.45. The van der Waals surface area contributed by atoms with Gasteiger partial charge in [0.25, 0.3) is 0 Å². The minimum Gasteiger partial charge on any atom is -0.497 e. The van der Waals surface area contributed by atoms with E-state index in [0.29, 0.717) is 6.04 Å². The van der Waals surface area contributed by atoms with Gasteiger partial charge in [0.15, 0.2) is 0 Å². The van der Waals surface area contributed by atoms with Crippen LogP contribution in [0, 0.1) is 5.92 Å². The summed E-state index contributed by atoms with van der Waals surface area (Å²) in [5, 5.41) is 0. The van der Waals surface area contributed by atoms with Crippen molar-refractivity contribution in [1.29, 1.82) is 0 Å². The highest BCUT2D eigenvalue weighted by molar-refractivity contribution is 5.76. The molecule has 2 N–H and O–H groups in total. The average molecular weight is 290 g/mol. The molecular weight excluding hydrogens is 264 g/mol. The fourth-order valence-corrected chi connectivity index (χ4v) is 2.99. The lowest BCUT2D eigenvalue weighted by Gasteiger charge is -2.35. The van der Waals surface area contributed by atoms with Gasteiger partial charge in [-0.3, -0.25) is 9.69 Å². The van der Waals surface area contributed by atoms with Crippen LogP contribution in [0.4, 0.5) is 0 Å². The Morgan fingerprint density at radius 3 is 2.76 bits per heavy atom. The molecule has 0 aromatic heterocycles. The van der Waals surface area contributed by atoms with Crippen molar-refractivity contribution in [2.75, 3.05) is 20.2 Å². The molecule has 1 aromatic carbocycles. The lowest BCUT2D eigenvalue weighted by molar-refractivity contribution is -0.123. The van der Waals surface area contributed by atoms with E-state index in [4.69, 9.17) is 10.5 Å². The number of benzene rings is 1. The van der Waals surface area contributed by atoms with E-state index in [2.05, 4.69) is 24.0 Å². The van der Waals surface area contributed by atoms with Crippen molar-refractivity contribution >= 4 is 5.91 Å². The van der Waals surface area contributed by atoms with Crippen LogP contribution in [-0.4, -0.2) is 37.0 Å². The predicted molar refractivity (Wildman–Crippen MR) is 84.3 cm³/mol. The summed E-state index contributed by atoms with van der Waals surface area (Å²) in [6.45, 7) is 4.14. The Labute approximate surface area is 127 Å². The number of aryl methyl sites for hydroxylation is 1. The SMILES string of the molecule is COc1ccc(CC[C@@H](C)N2CCC[C@H](C(N)=O)C2)cc1. The molecule has 0 spiro atoms. The van der Waals surface area contributed by atoms with Crippen LogP contribution in [0.25, 0.3) is 0 Å². The molecule has 4 nitrogen and oxygen atoms in total. The molecule has 0 bridgehead atoms. The van der Waals surface area contributed by atoms with Crippen LogP contribution in [-0.2, 0) is 11.2 Å². The van der Waals surface area contributed by atoms with Gasteiger partial charge in [-0.25, -0.2) is 0 Å². The van der Waals surface area contributed by atoms with Gasteiger partial charge in [0.2, 0.25) is 5.91 Å². The second kappa shape index (κ2) is 7.46. The highest BCUT2D eigenvalue weighted by Gasteiger charge is 2.26. The number of primary amides is 1. The van der Waals surface area contributed by atoms with Crippen molar-refractivity contribution in [3.05, 3.63) is 29.8 Å². The Bertz CT molecular complexity index is 458. The molecule has 4 heteroatoms. The molecule has 0 radical (unpaired) electrons. The van der Waals surface area contributed by atoms with Crippen LogP contribution < -0.4 is 10.5 Å². The molecule has 0 aliphatic carbocycles. The van der Waals surface area contributed by atoms with Crippen molar-refractivity contribution in [3.63, 3.8) is 0 Å². The molecule has 1 amide bonds. The molecule has 2 rings (SSSR count). The summed E-state index contributed by atoms with van der Waals surface area (Å²) >= 11 is 0. The largest absolute Gasteiger partial charge is 0.497 e. The summed E-state index contributed by atoms with van der Waals surface area (Å²) in [6, 6.07) is 8.73. The van der Waals surface area contributed by atoms with Crippen molar-refractivity contribution in [1.82, 2.24) is 4.90 Å². The third kappa shape index (κ3) is 4.46. The van der Waals surface area contributed by atoms with Gasteiger partial charge >= 0.3 is 0 Å². The molecule has 0 saturated carbocycles. The molecular formula is C17H26N2O2. The van der Waals surface area contributed by atoms with Gasteiger partial charge in [0.1, 0.15) is 5.75 Å². The first-order chi connectivity index (χ1) is 10.1. The number of carbonyl (C=O) groups excluding carboxylic acids is 1. The Balaban J connectivity index is 1.83.